The molecule has 0 spiro atoms. The summed E-state index contributed by atoms with van der Waals surface area (Å²) in [6.07, 6.45) is 0.642. The Hall–Kier alpha value is -0.760. The zero-order valence-electron chi connectivity index (χ0n) is 8.69. The lowest BCUT2D eigenvalue weighted by atomic mass is 10.2. The summed E-state index contributed by atoms with van der Waals surface area (Å²) in [5, 5.41) is 0.125. The van der Waals surface area contributed by atoms with Crippen LogP contribution in [0.25, 0.3) is 0 Å². The van der Waals surface area contributed by atoms with E-state index in [0.717, 1.165) is 5.75 Å². The van der Waals surface area contributed by atoms with Crippen molar-refractivity contribution in [2.45, 2.75) is 31.3 Å². The van der Waals surface area contributed by atoms with Crippen LogP contribution in [0.4, 0.5) is 0 Å². The predicted octanol–water partition coefficient (Wildman–Crippen LogP) is 3.29. The van der Waals surface area contributed by atoms with Crippen LogP contribution in [0.15, 0.2) is 30.3 Å². The summed E-state index contributed by atoms with van der Waals surface area (Å²) < 4.78 is 0. The summed E-state index contributed by atoms with van der Waals surface area (Å²) in [5.41, 5.74) is 1.29. The molecule has 1 aromatic carbocycles. The van der Waals surface area contributed by atoms with Crippen LogP contribution in [-0.4, -0.2) is 11.0 Å². The first kappa shape index (κ1) is 11.3. The van der Waals surface area contributed by atoms with Crippen molar-refractivity contribution < 1.29 is 4.79 Å². The number of carbonyl (C=O) groups is 1. The maximum absolute atomic E-state index is 11.3. The van der Waals surface area contributed by atoms with Gasteiger partial charge >= 0.3 is 0 Å². The van der Waals surface area contributed by atoms with E-state index >= 15 is 0 Å². The van der Waals surface area contributed by atoms with Gasteiger partial charge in [-0.05, 0) is 12.5 Å². The fourth-order valence-electron chi connectivity index (χ4n) is 1.18. The van der Waals surface area contributed by atoms with Gasteiger partial charge in [0.2, 0.25) is 0 Å². The van der Waals surface area contributed by atoms with Gasteiger partial charge in [0.15, 0.2) is 0 Å². The first-order valence-corrected chi connectivity index (χ1v) is 5.97. The summed E-state index contributed by atoms with van der Waals surface area (Å²) in [7, 11) is 0. The lowest BCUT2D eigenvalue weighted by molar-refractivity contribution is -0.117. The van der Waals surface area contributed by atoms with Crippen molar-refractivity contribution >= 4 is 17.5 Å². The van der Waals surface area contributed by atoms with Crippen LogP contribution in [0, 0.1) is 0 Å². The lowest BCUT2D eigenvalue weighted by Crippen LogP contribution is -2.11. The van der Waals surface area contributed by atoms with E-state index in [2.05, 4.69) is 12.1 Å². The van der Waals surface area contributed by atoms with E-state index in [1.807, 2.05) is 32.0 Å². The van der Waals surface area contributed by atoms with E-state index in [9.17, 15) is 4.79 Å². The van der Waals surface area contributed by atoms with Crippen LogP contribution in [0.5, 0.6) is 0 Å². The Balaban J connectivity index is 2.38. The van der Waals surface area contributed by atoms with Gasteiger partial charge in [-0.2, -0.15) is 0 Å². The van der Waals surface area contributed by atoms with Crippen LogP contribution in [0.3, 0.4) is 0 Å². The third-order valence-electron chi connectivity index (χ3n) is 2.14. The third kappa shape index (κ3) is 3.54. The molecule has 0 aromatic heterocycles. The van der Waals surface area contributed by atoms with E-state index in [4.69, 9.17) is 0 Å². The Bertz CT molecular complexity index is 282. The highest BCUT2D eigenvalue weighted by Gasteiger charge is 2.10. The number of hydrogen-bond acceptors (Lipinski definition) is 2. The monoisotopic (exact) mass is 208 g/mol. The molecule has 0 N–H and O–H groups in total. The maximum Gasteiger partial charge on any atom is 0.145 e. The SMILES string of the molecule is CCC(=O)C(C)SCc1ccccc1. The summed E-state index contributed by atoms with van der Waals surface area (Å²) in [5.74, 6) is 1.26. The Morgan fingerprint density at radius 1 is 1.36 bits per heavy atom. The first-order chi connectivity index (χ1) is 6.74. The topological polar surface area (TPSA) is 17.1 Å². The molecule has 1 aromatic rings. The van der Waals surface area contributed by atoms with E-state index < -0.39 is 0 Å². The molecule has 0 aliphatic carbocycles. The molecule has 0 amide bonds. The Morgan fingerprint density at radius 3 is 2.57 bits per heavy atom. The second kappa shape index (κ2) is 5.86. The standard InChI is InChI=1S/C12H16OS/c1-3-12(13)10(2)14-9-11-7-5-4-6-8-11/h4-8,10H,3,9H2,1-2H3. The smallest absolute Gasteiger partial charge is 0.145 e. The highest BCUT2D eigenvalue weighted by atomic mass is 32.2. The Morgan fingerprint density at radius 2 is 2.00 bits per heavy atom. The molecule has 0 aliphatic rings. The molecule has 76 valence electrons. The molecular weight excluding hydrogens is 192 g/mol. The second-order valence-corrected chi connectivity index (χ2v) is 4.59. The molecule has 0 heterocycles. The number of hydrogen-bond donors (Lipinski definition) is 0. The van der Waals surface area contributed by atoms with E-state index in [-0.39, 0.29) is 5.25 Å². The molecule has 0 radical (unpaired) electrons. The summed E-state index contributed by atoms with van der Waals surface area (Å²) in [6, 6.07) is 10.3. The van der Waals surface area contributed by atoms with Crippen molar-refractivity contribution in [3.05, 3.63) is 35.9 Å². The molecule has 0 saturated carbocycles. The number of Topliss-reactive ketones (excluding diaryl/α,β-unsaturated/α-hetero) is 1. The van der Waals surface area contributed by atoms with Crippen molar-refractivity contribution in [1.82, 2.24) is 0 Å². The molecule has 0 saturated heterocycles. The molecule has 0 aliphatic heterocycles. The molecule has 0 bridgehead atoms. The van der Waals surface area contributed by atoms with Crippen LogP contribution >= 0.6 is 11.8 Å². The van der Waals surface area contributed by atoms with E-state index in [1.54, 1.807) is 11.8 Å². The zero-order chi connectivity index (χ0) is 10.4. The Labute approximate surface area is 89.9 Å². The highest BCUT2D eigenvalue weighted by molar-refractivity contribution is 7.99. The number of ketones is 1. The summed E-state index contributed by atoms with van der Waals surface area (Å²) in [6.45, 7) is 3.90. The number of rotatable bonds is 5. The maximum atomic E-state index is 11.3. The molecule has 1 rings (SSSR count). The van der Waals surface area contributed by atoms with Gasteiger partial charge in [0, 0.05) is 12.2 Å². The molecule has 1 atom stereocenters. The van der Waals surface area contributed by atoms with Crippen LogP contribution < -0.4 is 0 Å². The fraction of sp³-hybridized carbons (Fsp3) is 0.417. The number of thioether (sulfide) groups is 1. The van der Waals surface area contributed by atoms with E-state index in [0.29, 0.717) is 12.2 Å². The van der Waals surface area contributed by atoms with Crippen molar-refractivity contribution in [1.29, 1.82) is 0 Å². The van der Waals surface area contributed by atoms with Gasteiger partial charge in [-0.3, -0.25) is 4.79 Å². The largest absolute Gasteiger partial charge is 0.298 e. The van der Waals surface area contributed by atoms with Crippen molar-refractivity contribution in [3.63, 3.8) is 0 Å². The minimum atomic E-state index is 0.125. The van der Waals surface area contributed by atoms with Crippen molar-refractivity contribution in [2.75, 3.05) is 0 Å². The van der Waals surface area contributed by atoms with E-state index in [1.165, 1.54) is 5.56 Å². The van der Waals surface area contributed by atoms with Gasteiger partial charge < -0.3 is 0 Å². The quantitative estimate of drug-likeness (QED) is 0.738. The minimum absolute atomic E-state index is 0.125. The van der Waals surface area contributed by atoms with Gasteiger partial charge in [-0.15, -0.1) is 11.8 Å². The fourth-order valence-corrected chi connectivity index (χ4v) is 2.16. The highest BCUT2D eigenvalue weighted by Crippen LogP contribution is 2.18. The molecule has 2 heteroatoms. The van der Waals surface area contributed by atoms with Gasteiger partial charge in [-0.25, -0.2) is 0 Å². The van der Waals surface area contributed by atoms with Crippen LogP contribution in [0.1, 0.15) is 25.8 Å². The van der Waals surface area contributed by atoms with Crippen molar-refractivity contribution in [3.8, 4) is 0 Å². The second-order valence-electron chi connectivity index (χ2n) is 3.26. The van der Waals surface area contributed by atoms with Gasteiger partial charge in [0.1, 0.15) is 5.78 Å². The lowest BCUT2D eigenvalue weighted by Gasteiger charge is -2.08. The minimum Gasteiger partial charge on any atom is -0.298 e. The molecule has 1 unspecified atom stereocenters. The molecule has 0 fully saturated rings. The normalized spacial score (nSPS) is 12.4. The first-order valence-electron chi connectivity index (χ1n) is 4.92. The average molecular weight is 208 g/mol. The van der Waals surface area contributed by atoms with Crippen molar-refractivity contribution in [2.24, 2.45) is 0 Å². The van der Waals surface area contributed by atoms with Gasteiger partial charge in [0.25, 0.3) is 0 Å². The number of benzene rings is 1. The van der Waals surface area contributed by atoms with Crippen LogP contribution in [0.2, 0.25) is 0 Å². The molecule has 1 nitrogen and oxygen atoms in total. The zero-order valence-corrected chi connectivity index (χ0v) is 9.51. The third-order valence-corrected chi connectivity index (χ3v) is 3.41. The molecular formula is C12H16OS. The summed E-state index contributed by atoms with van der Waals surface area (Å²) in [4.78, 5) is 11.3. The average Bonchev–Trinajstić information content (AvgIpc) is 2.26. The Kier molecular flexibility index (Phi) is 4.74. The van der Waals surface area contributed by atoms with Gasteiger partial charge in [0.05, 0.1) is 5.25 Å². The van der Waals surface area contributed by atoms with Crippen LogP contribution in [-0.2, 0) is 10.5 Å². The predicted molar refractivity (Wildman–Crippen MR) is 62.5 cm³/mol. The van der Waals surface area contributed by atoms with Gasteiger partial charge in [-0.1, -0.05) is 37.3 Å². The number of carbonyl (C=O) groups excluding carboxylic acids is 1. The molecule has 14 heavy (non-hydrogen) atoms. The summed E-state index contributed by atoms with van der Waals surface area (Å²) >= 11 is 1.71.